The molecule has 0 radical (unpaired) electrons. The van der Waals surface area contributed by atoms with E-state index in [2.05, 4.69) is 29.0 Å². The van der Waals surface area contributed by atoms with E-state index in [0.29, 0.717) is 41.6 Å². The number of hydrogen-bond donors (Lipinski definition) is 0. The fourth-order valence-corrected chi connectivity index (χ4v) is 7.12. The first-order valence-electron chi connectivity index (χ1n) is 12.5. The van der Waals surface area contributed by atoms with Gasteiger partial charge >= 0.3 is 0 Å². The predicted octanol–water partition coefficient (Wildman–Crippen LogP) is 4.12. The smallest absolute Gasteiger partial charge is 0.222 e. The van der Waals surface area contributed by atoms with Crippen LogP contribution in [0.3, 0.4) is 0 Å². The third kappa shape index (κ3) is 4.98. The first kappa shape index (κ1) is 22.9. The quantitative estimate of drug-likeness (QED) is 0.532. The van der Waals surface area contributed by atoms with Crippen molar-refractivity contribution < 1.29 is 17.9 Å². The number of aromatic nitrogens is 1. The van der Waals surface area contributed by atoms with Crippen LogP contribution < -0.4 is 4.74 Å². The lowest BCUT2D eigenvalue weighted by molar-refractivity contribution is -0.133. The van der Waals surface area contributed by atoms with Gasteiger partial charge in [0.25, 0.3) is 0 Å². The number of allylic oxidation sites excluding steroid dienone is 2. The maximum atomic E-state index is 12.8. The van der Waals surface area contributed by atoms with Gasteiger partial charge in [0, 0.05) is 38.0 Å². The number of fused-ring (bicyclic) bond motifs is 2. The molecule has 1 aromatic rings. The van der Waals surface area contributed by atoms with Gasteiger partial charge in [0.2, 0.25) is 11.8 Å². The topological polar surface area (TPSA) is 76.6 Å². The van der Waals surface area contributed by atoms with Crippen LogP contribution in [0.15, 0.2) is 35.4 Å². The molecule has 0 aromatic carbocycles. The second kappa shape index (κ2) is 8.71. The molecule has 1 amide bonds. The average Bonchev–Trinajstić information content (AvgIpc) is 3.10. The van der Waals surface area contributed by atoms with E-state index in [-0.39, 0.29) is 4.90 Å². The van der Waals surface area contributed by atoms with Gasteiger partial charge in [-0.1, -0.05) is 19.1 Å². The normalized spacial score (nSPS) is 33.5. The van der Waals surface area contributed by atoms with Gasteiger partial charge in [-0.2, -0.15) is 0 Å². The first-order valence-corrected chi connectivity index (χ1v) is 14.4. The Kier molecular flexibility index (Phi) is 6.04. The highest BCUT2D eigenvalue weighted by molar-refractivity contribution is 7.90. The molecular formula is C26H36N2O4S. The molecule has 3 aliphatic carbocycles. The highest BCUT2D eigenvalue weighted by atomic mass is 32.2. The van der Waals surface area contributed by atoms with Crippen LogP contribution in [-0.4, -0.2) is 50.2 Å². The van der Waals surface area contributed by atoms with Gasteiger partial charge in [-0.05, 0) is 79.6 Å². The maximum absolute atomic E-state index is 12.8. The summed E-state index contributed by atoms with van der Waals surface area (Å²) >= 11 is 0. The summed E-state index contributed by atoms with van der Waals surface area (Å²) in [5.41, 5.74) is 0.305. The van der Waals surface area contributed by atoms with E-state index >= 15 is 0 Å². The number of carbonyl (C=O) groups is 1. The summed E-state index contributed by atoms with van der Waals surface area (Å²) in [6.07, 6.45) is 14.9. The van der Waals surface area contributed by atoms with E-state index in [4.69, 9.17) is 4.74 Å². The highest BCUT2D eigenvalue weighted by Gasteiger charge is 2.53. The molecule has 1 aliphatic heterocycles. The van der Waals surface area contributed by atoms with E-state index in [1.54, 1.807) is 12.1 Å². The van der Waals surface area contributed by atoms with Gasteiger partial charge in [-0.25, -0.2) is 13.4 Å². The zero-order valence-corrected chi connectivity index (χ0v) is 20.6. The Morgan fingerprint density at radius 1 is 1.21 bits per heavy atom. The van der Waals surface area contributed by atoms with Gasteiger partial charge in [0.1, 0.15) is 0 Å². The Morgan fingerprint density at radius 2 is 2.00 bits per heavy atom. The molecule has 3 fully saturated rings. The van der Waals surface area contributed by atoms with Crippen LogP contribution in [0.2, 0.25) is 0 Å². The van der Waals surface area contributed by atoms with E-state index in [1.807, 2.05) is 0 Å². The summed E-state index contributed by atoms with van der Waals surface area (Å²) in [5, 5.41) is 0. The minimum atomic E-state index is -3.24. The molecule has 1 aromatic heterocycles. The molecular weight excluding hydrogens is 436 g/mol. The summed E-state index contributed by atoms with van der Waals surface area (Å²) in [5.74, 6) is 4.23. The molecule has 2 heterocycles. The van der Waals surface area contributed by atoms with E-state index in [0.717, 1.165) is 50.6 Å². The zero-order chi connectivity index (χ0) is 23.2. The van der Waals surface area contributed by atoms with Crippen molar-refractivity contribution in [1.29, 1.82) is 0 Å². The molecule has 0 spiro atoms. The number of likely N-dealkylation sites (tertiary alicyclic amines) is 1. The Bertz CT molecular complexity index is 1010. The number of ether oxygens (including phenoxy) is 1. The van der Waals surface area contributed by atoms with Gasteiger partial charge in [-0.15, -0.1) is 0 Å². The largest absolute Gasteiger partial charge is 0.478 e. The lowest BCUT2D eigenvalue weighted by Crippen LogP contribution is -2.40. The minimum absolute atomic E-state index is 0.209. The van der Waals surface area contributed by atoms with Crippen LogP contribution >= 0.6 is 0 Å². The minimum Gasteiger partial charge on any atom is -0.478 e. The molecule has 2 saturated carbocycles. The van der Waals surface area contributed by atoms with Crippen LogP contribution in [0.4, 0.5) is 0 Å². The highest BCUT2D eigenvalue weighted by Crippen LogP contribution is 2.60. The second-order valence-corrected chi connectivity index (χ2v) is 13.1. The maximum Gasteiger partial charge on any atom is 0.222 e. The summed E-state index contributed by atoms with van der Waals surface area (Å²) in [6, 6.07) is 3.17. The Hall–Kier alpha value is -1.89. The van der Waals surface area contributed by atoms with Crippen molar-refractivity contribution in [3.05, 3.63) is 30.5 Å². The lowest BCUT2D eigenvalue weighted by atomic mass is 9.86. The first-order chi connectivity index (χ1) is 15.7. The fraction of sp³-hybridized carbons (Fsp3) is 0.692. The van der Waals surface area contributed by atoms with Crippen molar-refractivity contribution in [2.75, 3.05) is 26.0 Å². The molecule has 0 N–H and O–H groups in total. The van der Waals surface area contributed by atoms with Crippen molar-refractivity contribution in [2.45, 2.75) is 56.8 Å². The molecule has 4 unspecified atom stereocenters. The molecule has 7 heteroatoms. The van der Waals surface area contributed by atoms with Gasteiger partial charge in [-0.3, -0.25) is 4.79 Å². The summed E-state index contributed by atoms with van der Waals surface area (Å²) in [6.45, 7) is 4.77. The van der Waals surface area contributed by atoms with Gasteiger partial charge in [0.15, 0.2) is 9.84 Å². The molecule has 33 heavy (non-hydrogen) atoms. The summed E-state index contributed by atoms with van der Waals surface area (Å²) in [7, 11) is -3.24. The molecule has 5 atom stereocenters. The number of hydrogen-bond acceptors (Lipinski definition) is 5. The lowest BCUT2D eigenvalue weighted by Gasteiger charge is -2.34. The van der Waals surface area contributed by atoms with Crippen molar-refractivity contribution in [3.8, 4) is 5.88 Å². The number of nitrogens with zero attached hydrogens (tertiary/aromatic N) is 2. The van der Waals surface area contributed by atoms with Gasteiger partial charge in [0.05, 0.1) is 11.5 Å². The van der Waals surface area contributed by atoms with Crippen LogP contribution in [0.5, 0.6) is 5.88 Å². The second-order valence-electron chi connectivity index (χ2n) is 11.1. The van der Waals surface area contributed by atoms with Crippen molar-refractivity contribution in [3.63, 3.8) is 0 Å². The van der Waals surface area contributed by atoms with Crippen LogP contribution in [-0.2, 0) is 14.6 Å². The Balaban J connectivity index is 1.03. The molecule has 180 valence electrons. The molecule has 2 bridgehead atoms. The number of rotatable bonds is 8. The monoisotopic (exact) mass is 472 g/mol. The Morgan fingerprint density at radius 3 is 2.61 bits per heavy atom. The van der Waals surface area contributed by atoms with E-state index < -0.39 is 9.84 Å². The van der Waals surface area contributed by atoms with Crippen LogP contribution in [0.25, 0.3) is 0 Å². The van der Waals surface area contributed by atoms with Crippen LogP contribution in [0, 0.1) is 35.0 Å². The molecule has 6 nitrogen and oxygen atoms in total. The fourth-order valence-electron chi connectivity index (χ4n) is 6.56. The SMILES string of the molecule is C[C@@]1(CCOc2ccc(S(C)(=O)=O)cn2)CC1C1CCN(C(=O)CC2CC3C=CC2C3)CC1. The predicted molar refractivity (Wildman–Crippen MR) is 126 cm³/mol. The number of amides is 1. The number of pyridine rings is 1. The number of piperidine rings is 1. The third-order valence-electron chi connectivity index (χ3n) is 8.80. The van der Waals surface area contributed by atoms with Crippen LogP contribution in [0.1, 0.15) is 51.9 Å². The standard InChI is InChI=1S/C26H36N2O4S/c1-26(9-12-32-24-6-5-22(17-27-24)33(2,30)31)16-23(26)19-7-10-28(11-8-19)25(29)15-21-14-18-3-4-20(21)13-18/h3-6,17-21,23H,7-16H2,1-2H3/t18?,20?,21?,23?,26-/m1/s1. The third-order valence-corrected chi connectivity index (χ3v) is 9.89. The zero-order valence-electron chi connectivity index (χ0n) is 19.8. The van der Waals surface area contributed by atoms with E-state index in [1.165, 1.54) is 31.7 Å². The Labute approximate surface area is 197 Å². The molecule has 1 saturated heterocycles. The van der Waals surface area contributed by atoms with E-state index in [9.17, 15) is 13.2 Å². The van der Waals surface area contributed by atoms with Crippen molar-refractivity contribution >= 4 is 15.7 Å². The van der Waals surface area contributed by atoms with Crippen molar-refractivity contribution in [2.24, 2.45) is 35.0 Å². The average molecular weight is 473 g/mol. The summed E-state index contributed by atoms with van der Waals surface area (Å²) < 4.78 is 28.9. The summed E-state index contributed by atoms with van der Waals surface area (Å²) in [4.78, 5) is 19.3. The molecule has 5 rings (SSSR count). The van der Waals surface area contributed by atoms with Crippen molar-refractivity contribution in [1.82, 2.24) is 9.88 Å². The molecule has 4 aliphatic rings. The number of carbonyl (C=O) groups excluding carboxylic acids is 1. The number of sulfone groups is 1. The van der Waals surface area contributed by atoms with Gasteiger partial charge < -0.3 is 9.64 Å².